The van der Waals surface area contributed by atoms with Crippen LogP contribution in [0, 0.1) is 0 Å². The van der Waals surface area contributed by atoms with Gasteiger partial charge in [0.25, 0.3) is 0 Å². The smallest absolute Gasteiger partial charge is 0.0685 e. The molecule has 72 valence electrons. The van der Waals surface area contributed by atoms with Crippen LogP contribution in [0.15, 0.2) is 22.7 Å². The maximum absolute atomic E-state index is 9.14. The molecule has 2 nitrogen and oxygen atoms in total. The van der Waals surface area contributed by atoms with Crippen LogP contribution in [0.1, 0.15) is 24.1 Å². The summed E-state index contributed by atoms with van der Waals surface area (Å²) in [6.45, 7) is 2.16. The normalized spacial score (nSPS) is 12.9. The Morgan fingerprint density at radius 1 is 1.54 bits per heavy atom. The van der Waals surface area contributed by atoms with Gasteiger partial charge in [-0.15, -0.1) is 0 Å². The number of rotatable bonds is 3. The number of hydrogen-bond acceptors (Lipinski definition) is 2. The third-order valence-electron chi connectivity index (χ3n) is 2.17. The summed E-state index contributed by atoms with van der Waals surface area (Å²) >= 11 is 3.38. The topological polar surface area (TPSA) is 32.3 Å². The lowest BCUT2D eigenvalue weighted by atomic mass is 10.0. The van der Waals surface area contributed by atoms with Crippen LogP contribution < -0.4 is 5.32 Å². The van der Waals surface area contributed by atoms with E-state index in [2.05, 4.69) is 28.2 Å². The summed E-state index contributed by atoms with van der Waals surface area (Å²) in [5, 5.41) is 12.3. The zero-order valence-corrected chi connectivity index (χ0v) is 9.43. The van der Waals surface area contributed by atoms with Crippen molar-refractivity contribution in [3.8, 4) is 0 Å². The summed E-state index contributed by atoms with van der Waals surface area (Å²) in [6, 6.07) is 6.23. The second-order valence-electron chi connectivity index (χ2n) is 3.01. The highest BCUT2D eigenvalue weighted by molar-refractivity contribution is 9.10. The van der Waals surface area contributed by atoms with Gasteiger partial charge >= 0.3 is 0 Å². The highest BCUT2D eigenvalue weighted by Gasteiger charge is 2.07. The summed E-state index contributed by atoms with van der Waals surface area (Å²) in [7, 11) is 1.91. The van der Waals surface area contributed by atoms with Crippen LogP contribution in [0.5, 0.6) is 0 Å². The summed E-state index contributed by atoms with van der Waals surface area (Å²) in [4.78, 5) is 0. The number of aliphatic hydroxyl groups excluding tert-OH is 1. The van der Waals surface area contributed by atoms with Crippen molar-refractivity contribution in [3.05, 3.63) is 33.8 Å². The van der Waals surface area contributed by atoms with Crippen LogP contribution in [0.25, 0.3) is 0 Å². The van der Waals surface area contributed by atoms with E-state index < -0.39 is 0 Å². The lowest BCUT2D eigenvalue weighted by Gasteiger charge is -2.14. The lowest BCUT2D eigenvalue weighted by Crippen LogP contribution is -2.14. The summed E-state index contributed by atoms with van der Waals surface area (Å²) in [6.07, 6.45) is 0. The van der Waals surface area contributed by atoms with Crippen molar-refractivity contribution in [2.45, 2.75) is 19.6 Å². The van der Waals surface area contributed by atoms with Gasteiger partial charge in [0, 0.05) is 10.5 Å². The average Bonchev–Trinajstić information content (AvgIpc) is 2.16. The Labute approximate surface area is 87.1 Å². The number of halogens is 1. The molecule has 1 aromatic rings. The first kappa shape index (κ1) is 10.7. The molecule has 0 spiro atoms. The molecular weight excluding hydrogens is 230 g/mol. The summed E-state index contributed by atoms with van der Waals surface area (Å²) < 4.78 is 1.00. The first-order chi connectivity index (χ1) is 6.19. The maximum Gasteiger partial charge on any atom is 0.0685 e. The van der Waals surface area contributed by atoms with E-state index in [-0.39, 0.29) is 12.6 Å². The molecule has 1 atom stereocenters. The van der Waals surface area contributed by atoms with Crippen molar-refractivity contribution in [1.82, 2.24) is 5.32 Å². The molecule has 0 saturated carbocycles. The van der Waals surface area contributed by atoms with Crippen molar-refractivity contribution in [1.29, 1.82) is 0 Å². The third-order valence-corrected chi connectivity index (χ3v) is 2.67. The zero-order valence-electron chi connectivity index (χ0n) is 7.84. The maximum atomic E-state index is 9.14. The molecule has 0 radical (unpaired) electrons. The van der Waals surface area contributed by atoms with Gasteiger partial charge in [-0.25, -0.2) is 0 Å². The molecular formula is C10H14BrNO. The predicted octanol–water partition coefficient (Wildman–Crippen LogP) is 2.22. The van der Waals surface area contributed by atoms with Crippen LogP contribution in [-0.4, -0.2) is 12.2 Å². The minimum absolute atomic E-state index is 0.0841. The van der Waals surface area contributed by atoms with E-state index in [1.165, 1.54) is 0 Å². The number of nitrogens with one attached hydrogen (secondary N) is 1. The molecule has 1 rings (SSSR count). The van der Waals surface area contributed by atoms with E-state index in [0.29, 0.717) is 0 Å². The van der Waals surface area contributed by atoms with Gasteiger partial charge in [-0.2, -0.15) is 0 Å². The molecule has 2 N–H and O–H groups in total. The van der Waals surface area contributed by atoms with Crippen molar-refractivity contribution < 1.29 is 5.11 Å². The van der Waals surface area contributed by atoms with Gasteiger partial charge in [-0.1, -0.05) is 22.0 Å². The minimum Gasteiger partial charge on any atom is -0.392 e. The number of benzene rings is 1. The molecule has 0 aliphatic carbocycles. The summed E-state index contributed by atoms with van der Waals surface area (Å²) in [5.41, 5.74) is 2.12. The van der Waals surface area contributed by atoms with Crippen molar-refractivity contribution in [3.63, 3.8) is 0 Å². The Bertz CT molecular complexity index is 288. The molecule has 3 heteroatoms. The van der Waals surface area contributed by atoms with Gasteiger partial charge in [-0.05, 0) is 37.2 Å². The Morgan fingerprint density at radius 3 is 2.77 bits per heavy atom. The van der Waals surface area contributed by atoms with E-state index in [1.807, 2.05) is 25.2 Å². The molecule has 0 amide bonds. The second kappa shape index (κ2) is 4.74. The van der Waals surface area contributed by atoms with Gasteiger partial charge < -0.3 is 10.4 Å². The fourth-order valence-corrected chi connectivity index (χ4v) is 1.70. The largest absolute Gasteiger partial charge is 0.392 e. The summed E-state index contributed by atoms with van der Waals surface area (Å²) in [5.74, 6) is 0. The first-order valence-electron chi connectivity index (χ1n) is 4.25. The van der Waals surface area contributed by atoms with Gasteiger partial charge in [0.05, 0.1) is 6.61 Å². The highest BCUT2D eigenvalue weighted by Crippen LogP contribution is 2.21. The van der Waals surface area contributed by atoms with Crippen LogP contribution in [0.2, 0.25) is 0 Å². The van der Waals surface area contributed by atoms with E-state index in [4.69, 9.17) is 5.11 Å². The molecule has 13 heavy (non-hydrogen) atoms. The zero-order chi connectivity index (χ0) is 9.84. The number of hydrogen-bond donors (Lipinski definition) is 2. The first-order valence-corrected chi connectivity index (χ1v) is 5.04. The minimum atomic E-state index is 0.0841. The Morgan fingerprint density at radius 2 is 2.23 bits per heavy atom. The van der Waals surface area contributed by atoms with Gasteiger partial charge in [0.1, 0.15) is 0 Å². The highest BCUT2D eigenvalue weighted by atomic mass is 79.9. The molecule has 0 bridgehead atoms. The van der Waals surface area contributed by atoms with Crippen LogP contribution in [0.3, 0.4) is 0 Å². The third kappa shape index (κ3) is 2.53. The van der Waals surface area contributed by atoms with Gasteiger partial charge in [0.15, 0.2) is 0 Å². The molecule has 0 fully saturated rings. The van der Waals surface area contributed by atoms with Gasteiger partial charge in [-0.3, -0.25) is 0 Å². The monoisotopic (exact) mass is 243 g/mol. The van der Waals surface area contributed by atoms with Crippen LogP contribution in [0.4, 0.5) is 0 Å². The molecule has 1 aromatic carbocycles. The van der Waals surface area contributed by atoms with Crippen LogP contribution in [-0.2, 0) is 6.61 Å². The molecule has 0 heterocycles. The van der Waals surface area contributed by atoms with E-state index in [9.17, 15) is 0 Å². The van der Waals surface area contributed by atoms with E-state index in [1.54, 1.807) is 0 Å². The molecule has 0 saturated heterocycles. The SMILES string of the molecule is CN[C@H](C)c1ccc(Br)cc1CO. The molecule has 0 aliphatic heterocycles. The Hall–Kier alpha value is -0.380. The standard InChI is InChI=1S/C10H14BrNO/c1-7(12-2)10-4-3-9(11)5-8(10)6-13/h3-5,7,12-13H,6H2,1-2H3/t7-/m1/s1. The van der Waals surface area contributed by atoms with Crippen molar-refractivity contribution >= 4 is 15.9 Å². The molecule has 0 unspecified atom stereocenters. The van der Waals surface area contributed by atoms with Crippen molar-refractivity contribution in [2.24, 2.45) is 0 Å². The second-order valence-corrected chi connectivity index (χ2v) is 3.93. The average molecular weight is 244 g/mol. The fourth-order valence-electron chi connectivity index (χ4n) is 1.29. The Kier molecular flexibility index (Phi) is 3.90. The quantitative estimate of drug-likeness (QED) is 0.854. The van der Waals surface area contributed by atoms with Gasteiger partial charge in [0.2, 0.25) is 0 Å². The van der Waals surface area contributed by atoms with Crippen LogP contribution >= 0.6 is 15.9 Å². The Balaban J connectivity index is 3.05. The van der Waals surface area contributed by atoms with E-state index >= 15 is 0 Å². The van der Waals surface area contributed by atoms with E-state index in [0.717, 1.165) is 15.6 Å². The van der Waals surface area contributed by atoms with Crippen molar-refractivity contribution in [2.75, 3.05) is 7.05 Å². The fraction of sp³-hybridized carbons (Fsp3) is 0.400. The molecule has 0 aliphatic rings. The molecule has 0 aromatic heterocycles. The number of aliphatic hydroxyl groups is 1. The lowest BCUT2D eigenvalue weighted by molar-refractivity contribution is 0.279. The predicted molar refractivity (Wildman–Crippen MR) is 57.5 cm³/mol.